The van der Waals surface area contributed by atoms with Gasteiger partial charge in [-0.2, -0.15) is 0 Å². The van der Waals surface area contributed by atoms with Gasteiger partial charge in [0.15, 0.2) is 0 Å². The Hall–Kier alpha value is -1.37. The molecule has 0 amide bonds. The fourth-order valence-corrected chi connectivity index (χ4v) is 4.67. The lowest BCUT2D eigenvalue weighted by Gasteiger charge is -2.43. The van der Waals surface area contributed by atoms with E-state index in [-0.39, 0.29) is 11.3 Å². The van der Waals surface area contributed by atoms with Crippen LogP contribution in [0.4, 0.5) is 0 Å². The van der Waals surface area contributed by atoms with Gasteiger partial charge in [0.05, 0.1) is 0 Å². The molecule has 19 heavy (non-hydrogen) atoms. The van der Waals surface area contributed by atoms with E-state index in [0.29, 0.717) is 11.7 Å². The first-order chi connectivity index (χ1) is 9.19. The first kappa shape index (κ1) is 11.5. The van der Waals surface area contributed by atoms with Crippen LogP contribution in [0, 0.1) is 11.3 Å². The lowest BCUT2D eigenvalue weighted by molar-refractivity contribution is -0.121. The van der Waals surface area contributed by atoms with E-state index in [4.69, 9.17) is 0 Å². The van der Waals surface area contributed by atoms with E-state index in [1.807, 2.05) is 0 Å². The molecule has 3 aliphatic rings. The molecular weight excluding hydrogens is 232 g/mol. The van der Waals surface area contributed by atoms with Crippen LogP contribution in [0.15, 0.2) is 35.9 Å². The quantitative estimate of drug-likeness (QED) is 0.637. The molecule has 0 aliphatic heterocycles. The first-order valence-corrected chi connectivity index (χ1v) is 7.49. The summed E-state index contributed by atoms with van der Waals surface area (Å²) in [5.74, 6) is 1.24. The Balaban J connectivity index is 1.81. The van der Waals surface area contributed by atoms with Crippen molar-refractivity contribution in [1.29, 1.82) is 0 Å². The standard InChI is InChI=1S/C18H20O/c1-18-10-8-14-13-5-3-2-4-12(13)6-7-15(14)17(18)16(19)9-11-18/h2-5,7,14,17H,6,8-11H2,1H3/t14-,17-,18-/m1/s1. The van der Waals surface area contributed by atoms with Gasteiger partial charge in [0.1, 0.15) is 5.78 Å². The highest BCUT2D eigenvalue weighted by atomic mass is 16.1. The third-order valence-electron chi connectivity index (χ3n) is 5.69. The highest BCUT2D eigenvalue weighted by Gasteiger charge is 2.51. The number of carbonyl (C=O) groups excluding carboxylic acids is 1. The van der Waals surface area contributed by atoms with Crippen molar-refractivity contribution in [3.05, 3.63) is 47.0 Å². The molecule has 0 bridgehead atoms. The Labute approximate surface area is 114 Å². The average molecular weight is 252 g/mol. The number of fused-ring (bicyclic) bond motifs is 5. The van der Waals surface area contributed by atoms with Crippen LogP contribution >= 0.6 is 0 Å². The van der Waals surface area contributed by atoms with E-state index in [1.165, 1.54) is 29.5 Å². The Morgan fingerprint density at radius 1 is 1.21 bits per heavy atom. The second kappa shape index (κ2) is 3.82. The molecule has 1 heteroatoms. The minimum atomic E-state index is 0.222. The summed E-state index contributed by atoms with van der Waals surface area (Å²) >= 11 is 0. The van der Waals surface area contributed by atoms with Crippen LogP contribution in [0.25, 0.3) is 0 Å². The van der Waals surface area contributed by atoms with Crippen LogP contribution in [0.1, 0.15) is 49.7 Å². The number of rotatable bonds is 0. The van der Waals surface area contributed by atoms with Gasteiger partial charge in [-0.1, -0.05) is 42.8 Å². The van der Waals surface area contributed by atoms with E-state index < -0.39 is 0 Å². The number of hydrogen-bond donors (Lipinski definition) is 0. The molecule has 2 saturated carbocycles. The first-order valence-electron chi connectivity index (χ1n) is 7.49. The highest BCUT2D eigenvalue weighted by molar-refractivity contribution is 5.87. The number of hydrogen-bond acceptors (Lipinski definition) is 1. The van der Waals surface area contributed by atoms with E-state index in [0.717, 1.165) is 19.3 Å². The predicted molar refractivity (Wildman–Crippen MR) is 76.0 cm³/mol. The zero-order chi connectivity index (χ0) is 13.0. The minimum absolute atomic E-state index is 0.222. The van der Waals surface area contributed by atoms with Gasteiger partial charge in [0.25, 0.3) is 0 Å². The van der Waals surface area contributed by atoms with E-state index in [1.54, 1.807) is 0 Å². The zero-order valence-corrected chi connectivity index (χ0v) is 11.5. The van der Waals surface area contributed by atoms with Crippen LogP contribution in [0.5, 0.6) is 0 Å². The number of benzene rings is 1. The Bertz CT molecular complexity index is 583. The molecule has 1 nitrogen and oxygen atoms in total. The summed E-state index contributed by atoms with van der Waals surface area (Å²) < 4.78 is 0. The minimum Gasteiger partial charge on any atom is -0.299 e. The van der Waals surface area contributed by atoms with Crippen molar-refractivity contribution in [3.8, 4) is 0 Å². The van der Waals surface area contributed by atoms with Crippen molar-refractivity contribution in [2.24, 2.45) is 11.3 Å². The molecule has 0 spiro atoms. The number of allylic oxidation sites excluding steroid dienone is 2. The maximum absolute atomic E-state index is 12.3. The van der Waals surface area contributed by atoms with Gasteiger partial charge >= 0.3 is 0 Å². The van der Waals surface area contributed by atoms with Gasteiger partial charge in [-0.15, -0.1) is 0 Å². The molecule has 3 atom stereocenters. The molecular formula is C18H20O. The summed E-state index contributed by atoms with van der Waals surface area (Å²) in [5.41, 5.74) is 4.66. The largest absolute Gasteiger partial charge is 0.299 e. The summed E-state index contributed by atoms with van der Waals surface area (Å²) in [5, 5.41) is 0. The molecule has 1 aromatic carbocycles. The normalized spacial score (nSPS) is 36.3. The van der Waals surface area contributed by atoms with Crippen LogP contribution in [0.2, 0.25) is 0 Å². The van der Waals surface area contributed by atoms with Crippen molar-refractivity contribution in [1.82, 2.24) is 0 Å². The maximum Gasteiger partial charge on any atom is 0.140 e. The molecule has 0 heterocycles. The third-order valence-corrected chi connectivity index (χ3v) is 5.69. The summed E-state index contributed by atoms with van der Waals surface area (Å²) in [6, 6.07) is 8.79. The topological polar surface area (TPSA) is 17.1 Å². The number of Topliss-reactive ketones (excluding diaryl/α,β-unsaturated/α-hetero) is 1. The van der Waals surface area contributed by atoms with Gasteiger partial charge in [-0.3, -0.25) is 4.79 Å². The predicted octanol–water partition coefficient (Wildman–Crippen LogP) is 4.03. The van der Waals surface area contributed by atoms with Crippen molar-refractivity contribution in [3.63, 3.8) is 0 Å². The Kier molecular flexibility index (Phi) is 2.30. The molecule has 98 valence electrons. The maximum atomic E-state index is 12.3. The molecule has 0 N–H and O–H groups in total. The average Bonchev–Trinajstić information content (AvgIpc) is 2.74. The van der Waals surface area contributed by atoms with E-state index >= 15 is 0 Å². The van der Waals surface area contributed by atoms with Gasteiger partial charge in [0.2, 0.25) is 0 Å². The smallest absolute Gasteiger partial charge is 0.140 e. The molecule has 3 aliphatic carbocycles. The Morgan fingerprint density at radius 3 is 2.95 bits per heavy atom. The van der Waals surface area contributed by atoms with Crippen molar-refractivity contribution >= 4 is 5.78 Å². The highest BCUT2D eigenvalue weighted by Crippen LogP contribution is 2.57. The van der Waals surface area contributed by atoms with Crippen LogP contribution in [-0.4, -0.2) is 5.78 Å². The summed E-state index contributed by atoms with van der Waals surface area (Å²) in [7, 11) is 0. The lowest BCUT2D eigenvalue weighted by atomic mass is 9.60. The molecule has 0 aromatic heterocycles. The van der Waals surface area contributed by atoms with Gasteiger partial charge < -0.3 is 0 Å². The lowest BCUT2D eigenvalue weighted by Crippen LogP contribution is -2.36. The summed E-state index contributed by atoms with van der Waals surface area (Å²) in [6.45, 7) is 2.33. The fourth-order valence-electron chi connectivity index (χ4n) is 4.67. The molecule has 0 saturated heterocycles. The summed E-state index contributed by atoms with van der Waals surface area (Å²) in [6.07, 6.45) is 7.72. The van der Waals surface area contributed by atoms with Crippen LogP contribution in [-0.2, 0) is 11.2 Å². The molecule has 4 rings (SSSR count). The van der Waals surface area contributed by atoms with Crippen molar-refractivity contribution in [2.75, 3.05) is 0 Å². The number of ketones is 1. The monoisotopic (exact) mass is 252 g/mol. The van der Waals surface area contributed by atoms with Crippen LogP contribution in [0.3, 0.4) is 0 Å². The fraction of sp³-hybridized carbons (Fsp3) is 0.500. The van der Waals surface area contributed by atoms with Crippen molar-refractivity contribution in [2.45, 2.75) is 44.9 Å². The second-order valence-electron chi connectivity index (χ2n) is 6.75. The molecule has 0 radical (unpaired) electrons. The van der Waals surface area contributed by atoms with Crippen LogP contribution < -0.4 is 0 Å². The second-order valence-corrected chi connectivity index (χ2v) is 6.75. The van der Waals surface area contributed by atoms with Gasteiger partial charge in [0, 0.05) is 18.3 Å². The van der Waals surface area contributed by atoms with Gasteiger partial charge in [-0.05, 0) is 42.2 Å². The van der Waals surface area contributed by atoms with E-state index in [2.05, 4.69) is 37.3 Å². The molecule has 1 aromatic rings. The zero-order valence-electron chi connectivity index (χ0n) is 11.5. The molecule has 2 fully saturated rings. The summed E-state index contributed by atoms with van der Waals surface area (Å²) in [4.78, 5) is 12.3. The van der Waals surface area contributed by atoms with Gasteiger partial charge in [-0.25, -0.2) is 0 Å². The number of carbonyl (C=O) groups is 1. The van der Waals surface area contributed by atoms with E-state index in [9.17, 15) is 4.79 Å². The third kappa shape index (κ3) is 1.51. The molecule has 0 unspecified atom stereocenters. The van der Waals surface area contributed by atoms with Crippen molar-refractivity contribution < 1.29 is 4.79 Å². The SMILES string of the molecule is C[C@@]12CCC(=O)[C@H]1C1=CCc3ccccc3[C@H]1CC2. The Morgan fingerprint density at radius 2 is 2.05 bits per heavy atom.